The quantitative estimate of drug-likeness (QED) is 0.817. The standard InChI is InChI=1S/C18H24N2O3/c21-16(10-4-8-14-6-2-1-3-7-14)19-15-9-5-11-17(22)20-18(23)13-12-15/h1-3,6-7,15H,4-5,8-13H2,(H,19,21)(H,20,22,23)/t15-/m0/s1. The Balaban J connectivity index is 1.72. The second kappa shape index (κ2) is 9.08. The van der Waals surface area contributed by atoms with Crippen LogP contribution in [0.15, 0.2) is 30.3 Å². The third kappa shape index (κ3) is 6.63. The molecule has 1 aromatic carbocycles. The molecule has 3 amide bonds. The van der Waals surface area contributed by atoms with E-state index >= 15 is 0 Å². The highest BCUT2D eigenvalue weighted by molar-refractivity contribution is 5.95. The van der Waals surface area contributed by atoms with Gasteiger partial charge < -0.3 is 5.32 Å². The number of nitrogens with one attached hydrogen (secondary N) is 2. The van der Waals surface area contributed by atoms with Crippen LogP contribution in [0.3, 0.4) is 0 Å². The molecule has 1 aliphatic rings. The van der Waals surface area contributed by atoms with Crippen LogP contribution in [-0.2, 0) is 20.8 Å². The Morgan fingerprint density at radius 3 is 2.61 bits per heavy atom. The number of hydrogen-bond donors (Lipinski definition) is 2. The van der Waals surface area contributed by atoms with Crippen LogP contribution in [0.1, 0.15) is 50.5 Å². The average Bonchev–Trinajstić information content (AvgIpc) is 2.60. The molecule has 1 aliphatic heterocycles. The second-order valence-corrected chi connectivity index (χ2v) is 6.01. The molecule has 1 heterocycles. The lowest BCUT2D eigenvalue weighted by Crippen LogP contribution is -2.35. The van der Waals surface area contributed by atoms with Gasteiger partial charge in [-0.3, -0.25) is 19.7 Å². The lowest BCUT2D eigenvalue weighted by atomic mass is 10.0. The molecule has 0 bridgehead atoms. The Morgan fingerprint density at radius 2 is 1.83 bits per heavy atom. The fourth-order valence-corrected chi connectivity index (χ4v) is 2.78. The summed E-state index contributed by atoms with van der Waals surface area (Å²) in [5.41, 5.74) is 1.23. The Labute approximate surface area is 136 Å². The Kier molecular flexibility index (Phi) is 6.78. The second-order valence-electron chi connectivity index (χ2n) is 6.01. The number of hydrogen-bond acceptors (Lipinski definition) is 3. The monoisotopic (exact) mass is 316 g/mol. The van der Waals surface area contributed by atoms with Crippen LogP contribution in [-0.4, -0.2) is 23.8 Å². The van der Waals surface area contributed by atoms with E-state index in [1.807, 2.05) is 18.2 Å². The fraction of sp³-hybridized carbons (Fsp3) is 0.500. The van der Waals surface area contributed by atoms with Gasteiger partial charge in [0.05, 0.1) is 0 Å². The minimum atomic E-state index is -0.250. The first-order chi connectivity index (χ1) is 11.1. The molecule has 0 aromatic heterocycles. The normalized spacial score (nSPS) is 19.2. The van der Waals surface area contributed by atoms with Crippen molar-refractivity contribution in [1.29, 1.82) is 0 Å². The first-order valence-corrected chi connectivity index (χ1v) is 8.29. The van der Waals surface area contributed by atoms with E-state index in [4.69, 9.17) is 0 Å². The summed E-state index contributed by atoms with van der Waals surface area (Å²) in [7, 11) is 0. The smallest absolute Gasteiger partial charge is 0.226 e. The van der Waals surface area contributed by atoms with Gasteiger partial charge in [-0.25, -0.2) is 0 Å². The van der Waals surface area contributed by atoms with Crippen LogP contribution in [0.25, 0.3) is 0 Å². The number of carbonyl (C=O) groups excluding carboxylic acids is 3. The first-order valence-electron chi connectivity index (χ1n) is 8.29. The number of rotatable bonds is 5. The van der Waals surface area contributed by atoms with Gasteiger partial charge in [-0.2, -0.15) is 0 Å². The van der Waals surface area contributed by atoms with Gasteiger partial charge in [-0.1, -0.05) is 30.3 Å². The third-order valence-corrected chi connectivity index (χ3v) is 4.03. The summed E-state index contributed by atoms with van der Waals surface area (Å²) < 4.78 is 0. The van der Waals surface area contributed by atoms with E-state index in [9.17, 15) is 14.4 Å². The van der Waals surface area contributed by atoms with Crippen LogP contribution in [0.2, 0.25) is 0 Å². The van der Waals surface area contributed by atoms with Crippen molar-refractivity contribution in [2.75, 3.05) is 0 Å². The van der Waals surface area contributed by atoms with Gasteiger partial charge in [0.2, 0.25) is 17.7 Å². The number of amides is 3. The molecule has 0 aliphatic carbocycles. The van der Waals surface area contributed by atoms with Crippen molar-refractivity contribution < 1.29 is 14.4 Å². The molecule has 0 saturated carbocycles. The Bertz CT molecular complexity index is 542. The Morgan fingerprint density at radius 1 is 1.09 bits per heavy atom. The fourth-order valence-electron chi connectivity index (χ4n) is 2.78. The van der Waals surface area contributed by atoms with E-state index in [0.29, 0.717) is 25.7 Å². The largest absolute Gasteiger partial charge is 0.353 e. The Hall–Kier alpha value is -2.17. The molecule has 1 atom stereocenters. The van der Waals surface area contributed by atoms with Gasteiger partial charge >= 0.3 is 0 Å². The molecule has 0 radical (unpaired) electrons. The van der Waals surface area contributed by atoms with Crippen LogP contribution >= 0.6 is 0 Å². The lowest BCUT2D eigenvalue weighted by Gasteiger charge is -2.17. The van der Waals surface area contributed by atoms with E-state index < -0.39 is 0 Å². The number of imide groups is 1. The van der Waals surface area contributed by atoms with E-state index in [2.05, 4.69) is 22.8 Å². The first kappa shape index (κ1) is 17.2. The summed E-state index contributed by atoms with van der Waals surface area (Å²) in [4.78, 5) is 35.0. The highest BCUT2D eigenvalue weighted by atomic mass is 16.2. The summed E-state index contributed by atoms with van der Waals surface area (Å²) >= 11 is 0. The molecular formula is C18H24N2O3. The minimum absolute atomic E-state index is 0.0177. The molecule has 0 unspecified atom stereocenters. The van der Waals surface area contributed by atoms with Gasteiger partial charge in [0.25, 0.3) is 0 Å². The summed E-state index contributed by atoms with van der Waals surface area (Å²) in [5.74, 6) is -0.443. The zero-order chi connectivity index (χ0) is 16.5. The van der Waals surface area contributed by atoms with Gasteiger partial charge in [-0.15, -0.1) is 0 Å². The maximum absolute atomic E-state index is 12.1. The highest BCUT2D eigenvalue weighted by Crippen LogP contribution is 2.11. The number of benzene rings is 1. The molecule has 2 N–H and O–H groups in total. The molecule has 1 saturated heterocycles. The molecule has 2 rings (SSSR count). The number of aryl methyl sites for hydroxylation is 1. The van der Waals surface area contributed by atoms with Crippen molar-refractivity contribution >= 4 is 17.7 Å². The predicted octanol–water partition coefficient (Wildman–Crippen LogP) is 2.10. The summed E-state index contributed by atoms with van der Waals surface area (Å²) in [5, 5.41) is 5.36. The minimum Gasteiger partial charge on any atom is -0.353 e. The van der Waals surface area contributed by atoms with Gasteiger partial charge in [0, 0.05) is 25.3 Å². The molecule has 1 fully saturated rings. The van der Waals surface area contributed by atoms with Gasteiger partial charge in [0.1, 0.15) is 0 Å². The van der Waals surface area contributed by atoms with E-state index in [-0.39, 0.29) is 30.2 Å². The van der Waals surface area contributed by atoms with Crippen molar-refractivity contribution in [3.8, 4) is 0 Å². The topological polar surface area (TPSA) is 75.3 Å². The number of carbonyl (C=O) groups is 3. The van der Waals surface area contributed by atoms with Crippen LogP contribution in [0, 0.1) is 0 Å². The van der Waals surface area contributed by atoms with Crippen LogP contribution < -0.4 is 10.6 Å². The van der Waals surface area contributed by atoms with Crippen LogP contribution in [0.4, 0.5) is 0 Å². The van der Waals surface area contributed by atoms with E-state index in [1.54, 1.807) is 0 Å². The van der Waals surface area contributed by atoms with Crippen molar-refractivity contribution in [1.82, 2.24) is 10.6 Å². The molecule has 5 nitrogen and oxygen atoms in total. The van der Waals surface area contributed by atoms with E-state index in [0.717, 1.165) is 19.3 Å². The predicted molar refractivity (Wildman–Crippen MR) is 87.5 cm³/mol. The third-order valence-electron chi connectivity index (χ3n) is 4.03. The molecule has 23 heavy (non-hydrogen) atoms. The molecule has 1 aromatic rings. The zero-order valence-electron chi connectivity index (χ0n) is 13.3. The van der Waals surface area contributed by atoms with Crippen molar-refractivity contribution in [2.45, 2.75) is 57.4 Å². The summed E-state index contributed by atoms with van der Waals surface area (Å²) in [6.45, 7) is 0. The van der Waals surface area contributed by atoms with Gasteiger partial charge in [0.15, 0.2) is 0 Å². The van der Waals surface area contributed by atoms with Crippen LogP contribution in [0.5, 0.6) is 0 Å². The highest BCUT2D eigenvalue weighted by Gasteiger charge is 2.18. The van der Waals surface area contributed by atoms with E-state index in [1.165, 1.54) is 5.56 Å². The zero-order valence-corrected chi connectivity index (χ0v) is 13.3. The van der Waals surface area contributed by atoms with Crippen molar-refractivity contribution in [3.05, 3.63) is 35.9 Å². The maximum Gasteiger partial charge on any atom is 0.226 e. The van der Waals surface area contributed by atoms with Gasteiger partial charge in [-0.05, 0) is 37.7 Å². The maximum atomic E-state index is 12.1. The van der Waals surface area contributed by atoms with Crippen molar-refractivity contribution in [2.24, 2.45) is 0 Å². The lowest BCUT2D eigenvalue weighted by molar-refractivity contribution is -0.130. The molecular weight excluding hydrogens is 292 g/mol. The average molecular weight is 316 g/mol. The summed E-state index contributed by atoms with van der Waals surface area (Å²) in [6.07, 6.45) is 4.81. The SMILES string of the molecule is O=C1CCC[C@H](NC(=O)CCCc2ccccc2)CCC(=O)N1. The van der Waals surface area contributed by atoms with Crippen molar-refractivity contribution in [3.63, 3.8) is 0 Å². The molecule has 0 spiro atoms. The summed E-state index contributed by atoms with van der Waals surface area (Å²) in [6, 6.07) is 10.1. The molecule has 124 valence electrons. The molecule has 5 heteroatoms.